The Morgan fingerprint density at radius 2 is 1.95 bits per heavy atom. The van der Waals surface area contributed by atoms with E-state index in [0.717, 1.165) is 12.8 Å². The van der Waals surface area contributed by atoms with Crippen LogP contribution < -0.4 is 15.8 Å². The Balaban J connectivity index is 1.37. The van der Waals surface area contributed by atoms with E-state index in [2.05, 4.69) is 28.7 Å². The Bertz CT molecular complexity index is 1570. The van der Waals surface area contributed by atoms with Crippen molar-refractivity contribution < 1.29 is 19.1 Å². The number of pyridine rings is 2. The van der Waals surface area contributed by atoms with Gasteiger partial charge in [0.1, 0.15) is 17.2 Å². The highest BCUT2D eigenvalue weighted by atomic mass is 19.1. The molecule has 0 aromatic carbocycles. The van der Waals surface area contributed by atoms with Crippen molar-refractivity contribution >= 4 is 23.3 Å². The summed E-state index contributed by atoms with van der Waals surface area (Å²) in [5.41, 5.74) is 2.30. The molecule has 0 atom stereocenters. The van der Waals surface area contributed by atoms with Gasteiger partial charge < -0.3 is 19.6 Å². The summed E-state index contributed by atoms with van der Waals surface area (Å²) in [4.78, 5) is 44.6. The number of nitrogens with zero attached hydrogens (tertiary/aromatic N) is 4. The number of aryl methyl sites for hydroxylation is 1. The molecule has 1 saturated carbocycles. The lowest BCUT2D eigenvalue weighted by molar-refractivity contribution is -0.122. The summed E-state index contributed by atoms with van der Waals surface area (Å²) in [6.07, 6.45) is 5.26. The molecule has 2 N–H and O–H groups in total. The average Bonchev–Trinajstić information content (AvgIpc) is 3.44. The molecule has 0 saturated heterocycles. The van der Waals surface area contributed by atoms with Crippen LogP contribution in [0.25, 0.3) is 11.1 Å². The third-order valence-electron chi connectivity index (χ3n) is 7.91. The SMILES string of the molecule is Cn1cc(-c2ccnc(N3CCn4c(cc5c4CC(C)(C)C5)C3=O)c2CO)cc(NC(=O)C2(F)CC2)c1=O. The molecule has 1 fully saturated rings. The number of aromatic nitrogens is 3. The van der Waals surface area contributed by atoms with Gasteiger partial charge in [-0.3, -0.25) is 19.3 Å². The van der Waals surface area contributed by atoms with Crippen LogP contribution in [0.15, 0.2) is 35.4 Å². The number of hydrogen-bond acceptors (Lipinski definition) is 5. The van der Waals surface area contributed by atoms with Gasteiger partial charge in [-0.25, -0.2) is 9.37 Å². The first-order valence-electron chi connectivity index (χ1n) is 12.8. The second kappa shape index (κ2) is 8.36. The van der Waals surface area contributed by atoms with Crippen molar-refractivity contribution in [1.29, 1.82) is 0 Å². The van der Waals surface area contributed by atoms with E-state index in [0.29, 0.717) is 41.3 Å². The molecule has 6 rings (SSSR count). The Hall–Kier alpha value is -3.79. The summed E-state index contributed by atoms with van der Waals surface area (Å²) < 4.78 is 17.7. The van der Waals surface area contributed by atoms with Crippen LogP contribution in [0.2, 0.25) is 0 Å². The monoisotopic (exact) mass is 519 g/mol. The molecule has 2 aliphatic carbocycles. The standard InChI is InChI=1S/C28H30FN5O4/c1-27(2)12-16-11-21-25(37)34(9-8-33(21)22(16)13-27)23-19(15-35)18(4-7-30-23)17-10-20(24(36)32(3)14-17)31-26(38)28(29)5-6-28/h4,7,10-11,14,35H,5-6,8-9,12-13,15H2,1-3H3,(H,31,38). The Morgan fingerprint density at radius 3 is 2.66 bits per heavy atom. The summed E-state index contributed by atoms with van der Waals surface area (Å²) in [5, 5.41) is 12.8. The van der Waals surface area contributed by atoms with Crippen LogP contribution in [0.5, 0.6) is 0 Å². The first-order chi connectivity index (χ1) is 18.0. The maximum absolute atomic E-state index is 14.2. The van der Waals surface area contributed by atoms with E-state index in [9.17, 15) is 23.9 Å². The molecule has 198 valence electrons. The molecule has 4 heterocycles. The van der Waals surface area contributed by atoms with Gasteiger partial charge in [0, 0.05) is 49.4 Å². The minimum atomic E-state index is -1.93. The second-order valence-electron chi connectivity index (χ2n) is 11.4. The largest absolute Gasteiger partial charge is 0.392 e. The van der Waals surface area contributed by atoms with Crippen LogP contribution in [-0.4, -0.2) is 43.3 Å². The number of alkyl halides is 1. The predicted molar refractivity (Wildman–Crippen MR) is 140 cm³/mol. The number of hydrogen-bond donors (Lipinski definition) is 2. The molecule has 38 heavy (non-hydrogen) atoms. The number of aliphatic hydroxyl groups excluding tert-OH is 1. The van der Waals surface area contributed by atoms with Gasteiger partial charge in [-0.05, 0) is 60.4 Å². The van der Waals surface area contributed by atoms with Crippen molar-refractivity contribution in [1.82, 2.24) is 14.1 Å². The number of carbonyl (C=O) groups excluding carboxylic acids is 2. The number of fused-ring (bicyclic) bond motifs is 3. The van der Waals surface area contributed by atoms with Gasteiger partial charge in [0.05, 0.1) is 6.61 Å². The van der Waals surface area contributed by atoms with Gasteiger partial charge in [0.15, 0.2) is 5.67 Å². The molecular formula is C28H30FN5O4. The smallest absolute Gasteiger partial charge is 0.276 e. The topological polar surface area (TPSA) is 109 Å². The van der Waals surface area contributed by atoms with Crippen molar-refractivity contribution in [3.63, 3.8) is 0 Å². The van der Waals surface area contributed by atoms with Crippen LogP contribution in [0.4, 0.5) is 15.9 Å². The summed E-state index contributed by atoms with van der Waals surface area (Å²) in [6, 6.07) is 5.14. The van der Waals surface area contributed by atoms with Crippen LogP contribution >= 0.6 is 0 Å². The van der Waals surface area contributed by atoms with Crippen molar-refractivity contribution in [3.05, 3.63) is 63.5 Å². The van der Waals surface area contributed by atoms with Gasteiger partial charge >= 0.3 is 0 Å². The zero-order chi connectivity index (χ0) is 27.0. The molecule has 0 spiro atoms. The van der Waals surface area contributed by atoms with Gasteiger partial charge in [0.25, 0.3) is 17.4 Å². The number of amides is 2. The maximum atomic E-state index is 14.2. The third kappa shape index (κ3) is 3.86. The predicted octanol–water partition coefficient (Wildman–Crippen LogP) is 2.97. The quantitative estimate of drug-likeness (QED) is 0.539. The Labute approximate surface area is 218 Å². The van der Waals surface area contributed by atoms with E-state index >= 15 is 0 Å². The van der Waals surface area contributed by atoms with Crippen molar-refractivity contribution in [2.75, 3.05) is 16.8 Å². The van der Waals surface area contributed by atoms with Crippen LogP contribution in [0.1, 0.15) is 54.0 Å². The van der Waals surface area contributed by atoms with Crippen molar-refractivity contribution in [2.45, 2.75) is 58.4 Å². The lowest BCUT2D eigenvalue weighted by Crippen LogP contribution is -2.41. The first kappa shape index (κ1) is 24.5. The van der Waals surface area contributed by atoms with E-state index in [-0.39, 0.29) is 29.9 Å². The molecule has 2 amide bonds. The van der Waals surface area contributed by atoms with Gasteiger partial charge in [-0.1, -0.05) is 13.8 Å². The molecule has 10 heteroatoms. The second-order valence-corrected chi connectivity index (χ2v) is 11.4. The van der Waals surface area contributed by atoms with E-state index in [1.54, 1.807) is 23.4 Å². The summed E-state index contributed by atoms with van der Waals surface area (Å²) in [5.74, 6) is -0.654. The van der Waals surface area contributed by atoms with Gasteiger partial charge in [-0.2, -0.15) is 0 Å². The molecule has 1 aliphatic heterocycles. The molecule has 3 aromatic heterocycles. The number of aliphatic hydroxyl groups is 1. The van der Waals surface area contributed by atoms with E-state index in [1.807, 2.05) is 6.07 Å². The van der Waals surface area contributed by atoms with E-state index in [1.165, 1.54) is 28.9 Å². The first-order valence-corrected chi connectivity index (χ1v) is 12.8. The van der Waals surface area contributed by atoms with E-state index < -0.39 is 23.7 Å². The fourth-order valence-corrected chi connectivity index (χ4v) is 5.77. The molecule has 0 unspecified atom stereocenters. The molecule has 9 nitrogen and oxygen atoms in total. The summed E-state index contributed by atoms with van der Waals surface area (Å²) in [6.45, 7) is 5.11. The maximum Gasteiger partial charge on any atom is 0.276 e. The zero-order valence-electron chi connectivity index (χ0n) is 21.7. The highest BCUT2D eigenvalue weighted by Crippen LogP contribution is 2.41. The van der Waals surface area contributed by atoms with Gasteiger partial charge in [0.2, 0.25) is 0 Å². The Kier molecular flexibility index (Phi) is 5.40. The molecular weight excluding hydrogens is 489 g/mol. The molecule has 0 radical (unpaired) electrons. The van der Waals surface area contributed by atoms with Crippen LogP contribution in [0.3, 0.4) is 0 Å². The van der Waals surface area contributed by atoms with Crippen LogP contribution in [-0.2, 0) is 37.8 Å². The fourth-order valence-electron chi connectivity index (χ4n) is 5.77. The number of rotatable bonds is 5. The zero-order valence-corrected chi connectivity index (χ0v) is 21.7. The minimum Gasteiger partial charge on any atom is -0.392 e. The number of anilines is 2. The highest BCUT2D eigenvalue weighted by Gasteiger charge is 2.51. The average molecular weight is 520 g/mol. The fraction of sp³-hybridized carbons (Fsp3) is 0.429. The third-order valence-corrected chi connectivity index (χ3v) is 7.91. The molecule has 3 aromatic rings. The molecule has 3 aliphatic rings. The molecule has 0 bridgehead atoms. The summed E-state index contributed by atoms with van der Waals surface area (Å²) >= 11 is 0. The number of carbonyl (C=O) groups is 2. The van der Waals surface area contributed by atoms with Crippen molar-refractivity contribution in [2.24, 2.45) is 12.5 Å². The van der Waals surface area contributed by atoms with Crippen LogP contribution in [0, 0.1) is 5.41 Å². The van der Waals surface area contributed by atoms with Gasteiger partial charge in [-0.15, -0.1) is 0 Å². The minimum absolute atomic E-state index is 0.0505. The number of halogens is 1. The lowest BCUT2D eigenvalue weighted by Gasteiger charge is -2.31. The highest BCUT2D eigenvalue weighted by molar-refractivity contribution is 6.06. The normalized spacial score (nSPS) is 18.8. The van der Waals surface area contributed by atoms with E-state index in [4.69, 9.17) is 0 Å². The lowest BCUT2D eigenvalue weighted by atomic mass is 9.90. The van der Waals surface area contributed by atoms with Crippen molar-refractivity contribution in [3.8, 4) is 11.1 Å². The summed E-state index contributed by atoms with van der Waals surface area (Å²) in [7, 11) is 1.54. The Morgan fingerprint density at radius 1 is 1.18 bits per heavy atom. The number of nitrogens with one attached hydrogen (secondary N) is 1.